The minimum Gasteiger partial charge on any atom is -0.419 e. The van der Waals surface area contributed by atoms with E-state index in [0.717, 1.165) is 8.04 Å². The summed E-state index contributed by atoms with van der Waals surface area (Å²) in [5.41, 5.74) is 0. The molecule has 1 aliphatic rings. The van der Waals surface area contributed by atoms with Crippen LogP contribution in [0.4, 0.5) is 0 Å². The molecule has 4 nitrogen and oxygen atoms in total. The molecule has 0 aliphatic carbocycles. The fourth-order valence-electron chi connectivity index (χ4n) is 1.32. The molecule has 0 N–H and O–H groups in total. The zero-order chi connectivity index (χ0) is 13.3. The number of hydrogen-bond acceptors (Lipinski definition) is 4. The lowest BCUT2D eigenvalue weighted by molar-refractivity contribution is -0.214. The van der Waals surface area contributed by atoms with Gasteiger partial charge in [-0.3, -0.25) is 0 Å². The van der Waals surface area contributed by atoms with Crippen LogP contribution in [0.15, 0.2) is 28.7 Å². The smallest absolute Gasteiger partial charge is 0.354 e. The Morgan fingerprint density at radius 1 is 1.06 bits per heavy atom. The number of ether oxygens (including phenoxy) is 2. The van der Waals surface area contributed by atoms with Gasteiger partial charge in [0.15, 0.2) is 3.51 Å². The van der Waals surface area contributed by atoms with Crippen molar-refractivity contribution in [1.29, 1.82) is 0 Å². The van der Waals surface area contributed by atoms with Crippen LogP contribution in [-0.4, -0.2) is 21.2 Å². The van der Waals surface area contributed by atoms with Gasteiger partial charge in [-0.05, 0) is 24.3 Å². The second kappa shape index (κ2) is 5.08. The van der Waals surface area contributed by atoms with Crippen LogP contribution in [0.3, 0.4) is 0 Å². The molecule has 0 unspecified atom stereocenters. The van der Waals surface area contributed by atoms with Crippen molar-refractivity contribution in [3.8, 4) is 0 Å². The van der Waals surface area contributed by atoms with E-state index in [0.29, 0.717) is 0 Å². The molecule has 0 spiro atoms. The van der Waals surface area contributed by atoms with Gasteiger partial charge in [0.05, 0.1) is 0 Å². The van der Waals surface area contributed by atoms with Crippen LogP contribution in [0.5, 0.6) is 0 Å². The van der Waals surface area contributed by atoms with E-state index in [2.05, 4.69) is 15.9 Å². The highest BCUT2D eigenvalue weighted by atomic mass is 127. The van der Waals surface area contributed by atoms with Crippen molar-refractivity contribution in [3.63, 3.8) is 0 Å². The van der Waals surface area contributed by atoms with E-state index >= 15 is 0 Å². The molecule has 1 fully saturated rings. The highest BCUT2D eigenvalue weighted by Crippen LogP contribution is 2.24. The third-order valence-electron chi connectivity index (χ3n) is 2.04. The third kappa shape index (κ3) is 3.17. The van der Waals surface area contributed by atoms with E-state index in [4.69, 9.17) is 9.47 Å². The quantitative estimate of drug-likeness (QED) is 0.513. The van der Waals surface area contributed by atoms with Crippen molar-refractivity contribution in [2.75, 3.05) is 0 Å². The fraction of sp³-hybridized carbons (Fsp3) is 0.250. The topological polar surface area (TPSA) is 52.6 Å². The molecule has 1 aromatic carbocycles. The first-order valence-corrected chi connectivity index (χ1v) is 8.06. The summed E-state index contributed by atoms with van der Waals surface area (Å²) >= 11 is 2.45. The predicted octanol–water partition coefficient (Wildman–Crippen LogP) is 2.60. The van der Waals surface area contributed by atoms with Crippen molar-refractivity contribution in [3.05, 3.63) is 32.3 Å². The summed E-state index contributed by atoms with van der Waals surface area (Å²) in [6.07, 6.45) is 0. The molecule has 0 atom stereocenters. The molecule has 1 aliphatic heterocycles. The monoisotopic (exact) mass is 424 g/mol. The van der Waals surface area contributed by atoms with E-state index in [1.807, 2.05) is 24.3 Å². The summed E-state index contributed by atoms with van der Waals surface area (Å²) < 4.78 is 12.2. The number of hydrogen-bond donors (Lipinski definition) is 0. The first kappa shape index (κ1) is 13.7. The van der Waals surface area contributed by atoms with Crippen molar-refractivity contribution >= 4 is 52.1 Å². The molecule has 0 radical (unpaired) electrons. The molecule has 2 rings (SSSR count). The molecule has 96 valence electrons. The van der Waals surface area contributed by atoms with E-state index in [-0.39, 0.29) is 3.51 Å². The van der Waals surface area contributed by atoms with Crippen molar-refractivity contribution in [2.24, 2.45) is 0 Å². The molecule has 0 amide bonds. The average Bonchev–Trinajstić information content (AvgIpc) is 2.24. The molecular weight excluding hydrogens is 415 g/mol. The lowest BCUT2D eigenvalue weighted by atomic mass is 10.3. The van der Waals surface area contributed by atoms with Gasteiger partial charge in [-0.2, -0.15) is 0 Å². The Morgan fingerprint density at radius 3 is 2.06 bits per heavy atom. The number of esters is 2. The van der Waals surface area contributed by atoms with Gasteiger partial charge < -0.3 is 9.47 Å². The summed E-state index contributed by atoms with van der Waals surface area (Å²) in [6, 6.07) is 7.51. The SMILES string of the molecule is CC1(C)OC(=O)C(=Ic2ccc(Br)cc2)C(=O)O1. The molecule has 0 aromatic heterocycles. The number of carbonyl (C=O) groups excluding carboxylic acids is 2. The van der Waals surface area contributed by atoms with Gasteiger partial charge in [0.1, 0.15) is 0 Å². The summed E-state index contributed by atoms with van der Waals surface area (Å²) in [5, 5.41) is 0. The van der Waals surface area contributed by atoms with Crippen LogP contribution >= 0.6 is 36.7 Å². The van der Waals surface area contributed by atoms with E-state index in [1.54, 1.807) is 0 Å². The minimum atomic E-state index is -1.17. The number of cyclic esters (lactones) is 2. The third-order valence-corrected chi connectivity index (χ3v) is 5.33. The molecule has 18 heavy (non-hydrogen) atoms. The Labute approximate surface area is 123 Å². The Kier molecular flexibility index (Phi) is 3.86. The maximum absolute atomic E-state index is 11.7. The molecule has 1 aromatic rings. The van der Waals surface area contributed by atoms with E-state index in [1.165, 1.54) is 13.8 Å². The van der Waals surface area contributed by atoms with Crippen molar-refractivity contribution in [1.82, 2.24) is 0 Å². The van der Waals surface area contributed by atoms with Crippen LogP contribution in [0.2, 0.25) is 0 Å². The van der Waals surface area contributed by atoms with Crippen LogP contribution in [0, 0.1) is 3.57 Å². The fourth-order valence-corrected chi connectivity index (χ4v) is 3.59. The Bertz CT molecular complexity index is 512. The first-order chi connectivity index (χ1) is 8.37. The Hall–Kier alpha value is -0.760. The highest BCUT2D eigenvalue weighted by Gasteiger charge is 2.39. The molecule has 0 bridgehead atoms. The Balaban J connectivity index is 2.30. The highest BCUT2D eigenvalue weighted by molar-refractivity contribution is 14.2. The second-order valence-electron chi connectivity index (χ2n) is 4.02. The summed E-state index contributed by atoms with van der Waals surface area (Å²) in [4.78, 5) is 23.5. The van der Waals surface area contributed by atoms with Crippen LogP contribution < -0.4 is 0 Å². The zero-order valence-corrected chi connectivity index (χ0v) is 13.4. The second-order valence-corrected chi connectivity index (χ2v) is 7.80. The number of halogens is 2. The van der Waals surface area contributed by atoms with Gasteiger partial charge in [0.2, 0.25) is 0 Å². The zero-order valence-electron chi connectivity index (χ0n) is 9.70. The van der Waals surface area contributed by atoms with Gasteiger partial charge in [0, 0.05) is 21.9 Å². The maximum Gasteiger partial charge on any atom is 0.354 e. The summed E-state index contributed by atoms with van der Waals surface area (Å²) in [5.74, 6) is -2.29. The number of carbonyl (C=O) groups is 2. The summed E-state index contributed by atoms with van der Waals surface area (Å²) in [6.45, 7) is 3.08. The molecule has 6 heteroatoms. The van der Waals surface area contributed by atoms with Crippen LogP contribution in [0.25, 0.3) is 0 Å². The molecule has 1 saturated heterocycles. The lowest BCUT2D eigenvalue weighted by Crippen LogP contribution is -2.46. The van der Waals surface area contributed by atoms with Crippen LogP contribution in [-0.2, 0) is 19.1 Å². The minimum absolute atomic E-state index is 0.135. The van der Waals surface area contributed by atoms with Crippen molar-refractivity contribution in [2.45, 2.75) is 19.6 Å². The lowest BCUT2D eigenvalue weighted by Gasteiger charge is -2.29. The van der Waals surface area contributed by atoms with E-state index in [9.17, 15) is 9.59 Å². The van der Waals surface area contributed by atoms with Gasteiger partial charge in [-0.1, -0.05) is 36.7 Å². The van der Waals surface area contributed by atoms with Gasteiger partial charge in [-0.25, -0.2) is 9.59 Å². The molecule has 0 saturated carbocycles. The van der Waals surface area contributed by atoms with Gasteiger partial charge in [-0.15, -0.1) is 0 Å². The van der Waals surface area contributed by atoms with Crippen LogP contribution in [0.1, 0.15) is 13.8 Å². The normalized spacial score (nSPS) is 18.3. The number of rotatable bonds is 1. The maximum atomic E-state index is 11.7. The van der Waals surface area contributed by atoms with E-state index < -0.39 is 38.5 Å². The molecular formula is C12H10BrIO4. The average molecular weight is 425 g/mol. The standard InChI is InChI=1S/C12H10BrIO4/c1-12(2)17-10(15)9(11(16)18-12)14-8-5-3-7(13)4-6-8/h3-6H,1-2H3. The first-order valence-electron chi connectivity index (χ1n) is 5.11. The van der Waals surface area contributed by atoms with Gasteiger partial charge in [0.25, 0.3) is 5.79 Å². The van der Waals surface area contributed by atoms with Gasteiger partial charge >= 0.3 is 11.9 Å². The predicted molar refractivity (Wildman–Crippen MR) is 78.1 cm³/mol. The largest absolute Gasteiger partial charge is 0.419 e. The Morgan fingerprint density at radius 2 is 1.56 bits per heavy atom. The van der Waals surface area contributed by atoms with Crippen molar-refractivity contribution < 1.29 is 19.1 Å². The molecule has 1 heterocycles. The summed E-state index contributed by atoms with van der Waals surface area (Å²) in [7, 11) is 0. The number of benzene rings is 1.